The number of halogens is 2. The summed E-state index contributed by atoms with van der Waals surface area (Å²) in [6.45, 7) is 0. The fourth-order valence-corrected chi connectivity index (χ4v) is 2.36. The van der Waals surface area contributed by atoms with Crippen molar-refractivity contribution >= 4 is 17.1 Å². The highest BCUT2D eigenvalue weighted by molar-refractivity contribution is 6.31. The number of aliphatic hydroxyl groups excluding tert-OH is 1. The van der Waals surface area contributed by atoms with Crippen LogP contribution in [0.3, 0.4) is 0 Å². The van der Waals surface area contributed by atoms with E-state index in [2.05, 4.69) is 10.1 Å². The molecular formula is C14H11ClFN3O. The molecular weight excluding hydrogens is 281 g/mol. The second-order valence-electron chi connectivity index (χ2n) is 4.46. The number of hydrogen-bond donors (Lipinski definition) is 1. The Labute approximate surface area is 119 Å². The maximum absolute atomic E-state index is 13.0. The van der Waals surface area contributed by atoms with E-state index in [0.29, 0.717) is 16.1 Å². The number of benzene rings is 1. The van der Waals surface area contributed by atoms with Crippen molar-refractivity contribution in [2.24, 2.45) is 0 Å². The van der Waals surface area contributed by atoms with Crippen molar-refractivity contribution in [2.75, 3.05) is 0 Å². The molecule has 102 valence electrons. The molecule has 0 bridgehead atoms. The summed E-state index contributed by atoms with van der Waals surface area (Å²) in [5, 5.41) is 14.8. The lowest BCUT2D eigenvalue weighted by atomic mass is 10.0. The Kier molecular flexibility index (Phi) is 3.38. The van der Waals surface area contributed by atoms with Crippen LogP contribution in [0.2, 0.25) is 5.02 Å². The summed E-state index contributed by atoms with van der Waals surface area (Å²) in [4.78, 5) is 4.02. The number of aliphatic hydroxyl groups is 1. The molecule has 0 fully saturated rings. The number of fused-ring (bicyclic) bond motifs is 1. The van der Waals surface area contributed by atoms with Crippen LogP contribution in [0.4, 0.5) is 4.39 Å². The molecule has 0 saturated heterocycles. The van der Waals surface area contributed by atoms with Crippen molar-refractivity contribution in [3.63, 3.8) is 0 Å². The molecule has 0 radical (unpaired) electrons. The van der Waals surface area contributed by atoms with Crippen LogP contribution in [-0.2, 0) is 6.42 Å². The van der Waals surface area contributed by atoms with Crippen LogP contribution >= 0.6 is 11.6 Å². The fourth-order valence-electron chi connectivity index (χ4n) is 2.11. The topological polar surface area (TPSA) is 50.4 Å². The van der Waals surface area contributed by atoms with E-state index >= 15 is 0 Å². The van der Waals surface area contributed by atoms with Gasteiger partial charge in [0.1, 0.15) is 5.82 Å². The Morgan fingerprint density at radius 2 is 2.20 bits per heavy atom. The Bertz CT molecular complexity index is 759. The van der Waals surface area contributed by atoms with E-state index in [1.165, 1.54) is 12.1 Å². The SMILES string of the molecule is OC(Cc1ccc(F)cc1Cl)c1cnn2ccncc12. The van der Waals surface area contributed by atoms with Crippen molar-refractivity contribution in [1.82, 2.24) is 14.6 Å². The Morgan fingerprint density at radius 1 is 1.35 bits per heavy atom. The fraction of sp³-hybridized carbons (Fsp3) is 0.143. The summed E-state index contributed by atoms with van der Waals surface area (Å²) in [6, 6.07) is 4.14. The van der Waals surface area contributed by atoms with Crippen molar-refractivity contribution in [3.8, 4) is 0 Å². The van der Waals surface area contributed by atoms with Gasteiger partial charge < -0.3 is 5.11 Å². The molecule has 0 aliphatic rings. The second kappa shape index (κ2) is 5.19. The minimum absolute atomic E-state index is 0.287. The van der Waals surface area contributed by atoms with Gasteiger partial charge in [-0.05, 0) is 17.7 Å². The summed E-state index contributed by atoms with van der Waals surface area (Å²) in [5.41, 5.74) is 2.08. The summed E-state index contributed by atoms with van der Waals surface area (Å²) in [6.07, 6.45) is 6.06. The van der Waals surface area contributed by atoms with Crippen molar-refractivity contribution < 1.29 is 9.50 Å². The summed E-state index contributed by atoms with van der Waals surface area (Å²) >= 11 is 5.97. The van der Waals surface area contributed by atoms with E-state index < -0.39 is 11.9 Å². The molecule has 3 aromatic rings. The Hall–Kier alpha value is -1.98. The van der Waals surface area contributed by atoms with Crippen molar-refractivity contribution in [2.45, 2.75) is 12.5 Å². The first-order valence-corrected chi connectivity index (χ1v) is 6.42. The van der Waals surface area contributed by atoms with Gasteiger partial charge in [0.15, 0.2) is 0 Å². The quantitative estimate of drug-likeness (QED) is 0.807. The van der Waals surface area contributed by atoms with Crippen LogP contribution < -0.4 is 0 Å². The summed E-state index contributed by atoms with van der Waals surface area (Å²) in [5.74, 6) is -0.395. The highest BCUT2D eigenvalue weighted by Crippen LogP contribution is 2.26. The van der Waals surface area contributed by atoms with Crippen LogP contribution in [0, 0.1) is 5.82 Å². The summed E-state index contributed by atoms with van der Waals surface area (Å²) < 4.78 is 14.6. The van der Waals surface area contributed by atoms with Gasteiger partial charge in [0.25, 0.3) is 0 Å². The molecule has 1 atom stereocenters. The van der Waals surface area contributed by atoms with Gasteiger partial charge in [0.2, 0.25) is 0 Å². The first kappa shape index (κ1) is 13.0. The predicted molar refractivity (Wildman–Crippen MR) is 73.1 cm³/mol. The van der Waals surface area contributed by atoms with E-state index in [0.717, 1.165) is 5.52 Å². The maximum Gasteiger partial charge on any atom is 0.124 e. The molecule has 1 unspecified atom stereocenters. The third-order valence-corrected chi connectivity index (χ3v) is 3.49. The van der Waals surface area contributed by atoms with Gasteiger partial charge in [-0.3, -0.25) is 4.98 Å². The molecule has 0 amide bonds. The molecule has 0 aliphatic carbocycles. The lowest BCUT2D eigenvalue weighted by Crippen LogP contribution is -2.02. The van der Waals surface area contributed by atoms with Crippen LogP contribution in [0.5, 0.6) is 0 Å². The lowest BCUT2D eigenvalue weighted by molar-refractivity contribution is 0.180. The van der Waals surface area contributed by atoms with Crippen LogP contribution in [0.15, 0.2) is 43.0 Å². The van der Waals surface area contributed by atoms with Gasteiger partial charge >= 0.3 is 0 Å². The molecule has 1 N–H and O–H groups in total. The Morgan fingerprint density at radius 3 is 3.00 bits per heavy atom. The zero-order chi connectivity index (χ0) is 14.1. The van der Waals surface area contributed by atoms with Crippen molar-refractivity contribution in [3.05, 3.63) is 65.0 Å². The number of rotatable bonds is 3. The Balaban J connectivity index is 1.91. The van der Waals surface area contributed by atoms with E-state index in [-0.39, 0.29) is 6.42 Å². The second-order valence-corrected chi connectivity index (χ2v) is 4.87. The summed E-state index contributed by atoms with van der Waals surface area (Å²) in [7, 11) is 0. The molecule has 20 heavy (non-hydrogen) atoms. The van der Waals surface area contributed by atoms with E-state index in [1.54, 1.807) is 35.4 Å². The minimum Gasteiger partial charge on any atom is -0.388 e. The molecule has 0 spiro atoms. The minimum atomic E-state index is -0.778. The highest BCUT2D eigenvalue weighted by Gasteiger charge is 2.16. The monoisotopic (exact) mass is 291 g/mol. The molecule has 6 heteroatoms. The van der Waals surface area contributed by atoms with E-state index in [9.17, 15) is 9.50 Å². The molecule has 0 aliphatic heterocycles. The van der Waals surface area contributed by atoms with Gasteiger partial charge in [-0.15, -0.1) is 0 Å². The molecule has 0 saturated carbocycles. The molecule has 2 aromatic heterocycles. The van der Waals surface area contributed by atoms with Crippen LogP contribution in [0.1, 0.15) is 17.2 Å². The molecule has 4 nitrogen and oxygen atoms in total. The number of hydrogen-bond acceptors (Lipinski definition) is 3. The molecule has 1 aromatic carbocycles. The maximum atomic E-state index is 13.0. The normalized spacial score (nSPS) is 12.8. The van der Waals surface area contributed by atoms with Gasteiger partial charge in [-0.2, -0.15) is 5.10 Å². The number of aromatic nitrogens is 3. The van der Waals surface area contributed by atoms with E-state index in [1.807, 2.05) is 0 Å². The van der Waals surface area contributed by atoms with E-state index in [4.69, 9.17) is 11.6 Å². The first-order chi connectivity index (χ1) is 9.65. The highest BCUT2D eigenvalue weighted by atomic mass is 35.5. The predicted octanol–water partition coefficient (Wildman–Crippen LogP) is 2.80. The third-order valence-electron chi connectivity index (χ3n) is 3.14. The average Bonchev–Trinajstić information content (AvgIpc) is 2.86. The van der Waals surface area contributed by atoms with Crippen molar-refractivity contribution in [1.29, 1.82) is 0 Å². The smallest absolute Gasteiger partial charge is 0.124 e. The van der Waals surface area contributed by atoms with Gasteiger partial charge in [0.05, 0.1) is 24.0 Å². The average molecular weight is 292 g/mol. The largest absolute Gasteiger partial charge is 0.388 e. The zero-order valence-corrected chi connectivity index (χ0v) is 11.1. The zero-order valence-electron chi connectivity index (χ0n) is 10.4. The van der Waals surface area contributed by atoms with Gasteiger partial charge in [-0.1, -0.05) is 17.7 Å². The third kappa shape index (κ3) is 2.37. The van der Waals surface area contributed by atoms with Crippen LogP contribution in [0.25, 0.3) is 5.52 Å². The van der Waals surface area contributed by atoms with Gasteiger partial charge in [-0.25, -0.2) is 8.91 Å². The molecule has 3 rings (SSSR count). The van der Waals surface area contributed by atoms with Crippen LogP contribution in [-0.4, -0.2) is 19.7 Å². The van der Waals surface area contributed by atoms with Gasteiger partial charge in [0, 0.05) is 29.4 Å². The standard InChI is InChI=1S/C14H11ClFN3O/c15-12-6-10(16)2-1-9(12)5-14(20)11-7-18-19-4-3-17-8-13(11)19/h1-4,6-8,14,20H,5H2. The molecule has 2 heterocycles. The number of nitrogens with zero attached hydrogens (tertiary/aromatic N) is 3. The lowest BCUT2D eigenvalue weighted by Gasteiger charge is -2.10. The first-order valence-electron chi connectivity index (χ1n) is 6.04.